The Morgan fingerprint density at radius 3 is 2.53 bits per heavy atom. The third-order valence-electron chi connectivity index (χ3n) is 3.11. The lowest BCUT2D eigenvalue weighted by molar-refractivity contribution is 0.150. The largest absolute Gasteiger partial charge is 0.496 e. The summed E-state index contributed by atoms with van der Waals surface area (Å²) in [5, 5.41) is 9.91. The molecule has 1 fully saturated rings. The van der Waals surface area contributed by atoms with Gasteiger partial charge in [-0.05, 0) is 30.4 Å². The second-order valence-electron chi connectivity index (χ2n) is 4.36. The predicted octanol–water partition coefficient (Wildman–Crippen LogP) is 2.33. The zero-order valence-electron chi connectivity index (χ0n) is 9.42. The van der Waals surface area contributed by atoms with E-state index in [2.05, 4.69) is 13.0 Å². The SMILES string of the molecule is CCc1cccc(CC2(O)CC2)c1OC. The van der Waals surface area contributed by atoms with Crippen molar-refractivity contribution in [2.45, 2.75) is 38.2 Å². The van der Waals surface area contributed by atoms with Gasteiger partial charge in [-0.1, -0.05) is 25.1 Å². The van der Waals surface area contributed by atoms with Crippen LogP contribution < -0.4 is 4.74 Å². The molecule has 1 aliphatic carbocycles. The lowest BCUT2D eigenvalue weighted by atomic mass is 10.0. The second-order valence-corrected chi connectivity index (χ2v) is 4.36. The number of ether oxygens (including phenoxy) is 1. The van der Waals surface area contributed by atoms with Crippen molar-refractivity contribution in [3.8, 4) is 5.75 Å². The van der Waals surface area contributed by atoms with Crippen LogP contribution in [0.15, 0.2) is 18.2 Å². The van der Waals surface area contributed by atoms with Crippen molar-refractivity contribution >= 4 is 0 Å². The van der Waals surface area contributed by atoms with Gasteiger partial charge in [0.05, 0.1) is 12.7 Å². The van der Waals surface area contributed by atoms with E-state index in [-0.39, 0.29) is 0 Å². The molecule has 0 aromatic heterocycles. The highest BCUT2D eigenvalue weighted by atomic mass is 16.5. The number of methoxy groups -OCH3 is 1. The molecule has 2 rings (SSSR count). The van der Waals surface area contributed by atoms with Gasteiger partial charge < -0.3 is 9.84 Å². The van der Waals surface area contributed by atoms with Gasteiger partial charge in [0, 0.05) is 6.42 Å². The average Bonchev–Trinajstić information content (AvgIpc) is 2.95. The van der Waals surface area contributed by atoms with Crippen LogP contribution in [0, 0.1) is 0 Å². The van der Waals surface area contributed by atoms with Crippen LogP contribution in [0.3, 0.4) is 0 Å². The average molecular weight is 206 g/mol. The summed E-state index contributed by atoms with van der Waals surface area (Å²) < 4.78 is 5.43. The number of hydrogen-bond donors (Lipinski definition) is 1. The number of hydrogen-bond acceptors (Lipinski definition) is 2. The molecular formula is C13H18O2. The molecule has 0 radical (unpaired) electrons. The van der Waals surface area contributed by atoms with E-state index in [0.29, 0.717) is 0 Å². The highest BCUT2D eigenvalue weighted by molar-refractivity contribution is 5.42. The van der Waals surface area contributed by atoms with E-state index in [0.717, 1.165) is 37.0 Å². The fourth-order valence-electron chi connectivity index (χ4n) is 1.99. The first-order valence-corrected chi connectivity index (χ1v) is 5.55. The molecule has 0 amide bonds. The molecular weight excluding hydrogens is 188 g/mol. The molecule has 0 saturated heterocycles. The van der Waals surface area contributed by atoms with Crippen LogP contribution in [0.25, 0.3) is 0 Å². The molecule has 1 N–H and O–H groups in total. The lowest BCUT2D eigenvalue weighted by Gasteiger charge is -2.14. The van der Waals surface area contributed by atoms with Crippen LogP contribution in [0.2, 0.25) is 0 Å². The number of aryl methyl sites for hydroxylation is 1. The monoisotopic (exact) mass is 206 g/mol. The van der Waals surface area contributed by atoms with E-state index in [4.69, 9.17) is 4.74 Å². The van der Waals surface area contributed by atoms with Gasteiger partial charge in [-0.3, -0.25) is 0 Å². The molecule has 0 bridgehead atoms. The molecule has 0 aliphatic heterocycles. The van der Waals surface area contributed by atoms with Crippen LogP contribution in [0.5, 0.6) is 5.75 Å². The zero-order valence-corrected chi connectivity index (χ0v) is 9.42. The summed E-state index contributed by atoms with van der Waals surface area (Å²) in [7, 11) is 1.70. The molecule has 1 saturated carbocycles. The van der Waals surface area contributed by atoms with Crippen LogP contribution in [0.1, 0.15) is 30.9 Å². The van der Waals surface area contributed by atoms with Crippen molar-refractivity contribution in [3.63, 3.8) is 0 Å². The highest BCUT2D eigenvalue weighted by Crippen LogP contribution is 2.40. The molecule has 2 nitrogen and oxygen atoms in total. The topological polar surface area (TPSA) is 29.5 Å². The van der Waals surface area contributed by atoms with Gasteiger partial charge in [-0.25, -0.2) is 0 Å². The Hall–Kier alpha value is -1.02. The van der Waals surface area contributed by atoms with E-state index < -0.39 is 5.60 Å². The summed E-state index contributed by atoms with van der Waals surface area (Å²) in [6.07, 6.45) is 3.54. The van der Waals surface area contributed by atoms with E-state index in [1.807, 2.05) is 12.1 Å². The summed E-state index contributed by atoms with van der Waals surface area (Å²) >= 11 is 0. The molecule has 1 aromatic rings. The van der Waals surface area contributed by atoms with Crippen molar-refractivity contribution in [1.82, 2.24) is 0 Å². The summed E-state index contributed by atoms with van der Waals surface area (Å²) in [6, 6.07) is 6.18. The fourth-order valence-corrected chi connectivity index (χ4v) is 1.99. The van der Waals surface area contributed by atoms with Gasteiger partial charge in [0.25, 0.3) is 0 Å². The highest BCUT2D eigenvalue weighted by Gasteiger charge is 2.40. The molecule has 15 heavy (non-hydrogen) atoms. The Morgan fingerprint density at radius 1 is 1.33 bits per heavy atom. The van der Waals surface area contributed by atoms with Gasteiger partial charge in [0.1, 0.15) is 5.75 Å². The molecule has 82 valence electrons. The molecule has 0 spiro atoms. The Labute approximate surface area is 90.9 Å². The van der Waals surface area contributed by atoms with Crippen LogP contribution in [-0.2, 0) is 12.8 Å². The van der Waals surface area contributed by atoms with Gasteiger partial charge in [0.15, 0.2) is 0 Å². The smallest absolute Gasteiger partial charge is 0.125 e. The Balaban J connectivity index is 2.28. The zero-order chi connectivity index (χ0) is 10.9. The van der Waals surface area contributed by atoms with E-state index in [1.165, 1.54) is 5.56 Å². The fraction of sp³-hybridized carbons (Fsp3) is 0.538. The van der Waals surface area contributed by atoms with Gasteiger partial charge in [-0.15, -0.1) is 0 Å². The molecule has 0 atom stereocenters. The normalized spacial score (nSPS) is 17.5. The molecule has 1 aliphatic rings. The van der Waals surface area contributed by atoms with Crippen LogP contribution in [-0.4, -0.2) is 17.8 Å². The summed E-state index contributed by atoms with van der Waals surface area (Å²) in [5.74, 6) is 0.959. The van der Waals surface area contributed by atoms with Crippen LogP contribution in [0.4, 0.5) is 0 Å². The Morgan fingerprint density at radius 2 is 2.00 bits per heavy atom. The van der Waals surface area contributed by atoms with Crippen molar-refractivity contribution < 1.29 is 9.84 Å². The minimum absolute atomic E-state index is 0.445. The van der Waals surface area contributed by atoms with Crippen molar-refractivity contribution in [2.24, 2.45) is 0 Å². The van der Waals surface area contributed by atoms with Gasteiger partial charge in [0.2, 0.25) is 0 Å². The van der Waals surface area contributed by atoms with Crippen molar-refractivity contribution in [3.05, 3.63) is 29.3 Å². The second kappa shape index (κ2) is 3.86. The van der Waals surface area contributed by atoms with Gasteiger partial charge >= 0.3 is 0 Å². The van der Waals surface area contributed by atoms with E-state index in [1.54, 1.807) is 7.11 Å². The number of para-hydroxylation sites is 1. The summed E-state index contributed by atoms with van der Waals surface area (Å²) in [5.41, 5.74) is 1.91. The standard InChI is InChI=1S/C13H18O2/c1-3-10-5-4-6-11(12(10)15-2)9-13(14)7-8-13/h4-6,14H,3,7-9H2,1-2H3. The summed E-state index contributed by atoms with van der Waals surface area (Å²) in [4.78, 5) is 0. The lowest BCUT2D eigenvalue weighted by Crippen LogP contribution is -2.12. The maximum atomic E-state index is 9.91. The summed E-state index contributed by atoms with van der Waals surface area (Å²) in [6.45, 7) is 2.12. The van der Waals surface area contributed by atoms with Crippen LogP contribution >= 0.6 is 0 Å². The maximum absolute atomic E-state index is 9.91. The number of rotatable bonds is 4. The first kappa shape index (κ1) is 10.5. The van der Waals surface area contributed by atoms with Gasteiger partial charge in [-0.2, -0.15) is 0 Å². The molecule has 0 unspecified atom stereocenters. The minimum atomic E-state index is -0.445. The quantitative estimate of drug-likeness (QED) is 0.819. The molecule has 1 aromatic carbocycles. The van der Waals surface area contributed by atoms with E-state index >= 15 is 0 Å². The molecule has 0 heterocycles. The third-order valence-corrected chi connectivity index (χ3v) is 3.11. The van der Waals surface area contributed by atoms with Crippen molar-refractivity contribution in [2.75, 3.05) is 7.11 Å². The van der Waals surface area contributed by atoms with Crippen molar-refractivity contribution in [1.29, 1.82) is 0 Å². The first-order chi connectivity index (χ1) is 7.18. The number of benzene rings is 1. The third kappa shape index (κ3) is 2.15. The first-order valence-electron chi connectivity index (χ1n) is 5.55. The predicted molar refractivity (Wildman–Crippen MR) is 60.3 cm³/mol. The number of aliphatic hydroxyl groups is 1. The van der Waals surface area contributed by atoms with E-state index in [9.17, 15) is 5.11 Å². The minimum Gasteiger partial charge on any atom is -0.496 e. The molecule has 2 heteroatoms. The Bertz CT molecular complexity index is 354. The Kier molecular flexibility index (Phi) is 2.70. The maximum Gasteiger partial charge on any atom is 0.125 e.